The minimum atomic E-state index is 0.658. The first-order chi connectivity index (χ1) is 6.31. The standard InChI is InChI=1S/C9H13BrN2S/c1-7-6-13-9(11-7)12-4-2-3-8(12)5-10/h6,8H,2-5H2,1H3. The summed E-state index contributed by atoms with van der Waals surface area (Å²) in [5.74, 6) is 0. The van der Waals surface area contributed by atoms with E-state index in [2.05, 4.69) is 38.1 Å². The van der Waals surface area contributed by atoms with Gasteiger partial charge in [0.2, 0.25) is 0 Å². The zero-order valence-electron chi connectivity index (χ0n) is 7.66. The van der Waals surface area contributed by atoms with Gasteiger partial charge in [0.1, 0.15) is 0 Å². The van der Waals surface area contributed by atoms with Crippen molar-refractivity contribution >= 4 is 32.4 Å². The molecule has 0 spiro atoms. The van der Waals surface area contributed by atoms with Gasteiger partial charge < -0.3 is 4.90 Å². The summed E-state index contributed by atoms with van der Waals surface area (Å²) in [7, 11) is 0. The molecule has 2 rings (SSSR count). The van der Waals surface area contributed by atoms with Crippen LogP contribution in [0.15, 0.2) is 5.38 Å². The van der Waals surface area contributed by atoms with E-state index in [0.717, 1.165) is 11.0 Å². The van der Waals surface area contributed by atoms with Gasteiger partial charge in [0, 0.05) is 23.3 Å². The summed E-state index contributed by atoms with van der Waals surface area (Å²) in [5.41, 5.74) is 1.14. The SMILES string of the molecule is Cc1csc(N2CCCC2CBr)n1. The predicted octanol–water partition coefficient (Wildman–Crippen LogP) is 2.82. The Balaban J connectivity index is 2.15. The van der Waals surface area contributed by atoms with Crippen LogP contribution in [0.2, 0.25) is 0 Å². The predicted molar refractivity (Wildman–Crippen MR) is 61.0 cm³/mol. The molecule has 1 aliphatic rings. The molecule has 0 radical (unpaired) electrons. The van der Waals surface area contributed by atoms with Gasteiger partial charge in [0.15, 0.2) is 5.13 Å². The lowest BCUT2D eigenvalue weighted by molar-refractivity contribution is 0.747. The third-order valence-corrected chi connectivity index (χ3v) is 4.15. The first kappa shape index (κ1) is 9.46. The highest BCUT2D eigenvalue weighted by Gasteiger charge is 2.25. The maximum Gasteiger partial charge on any atom is 0.185 e. The minimum absolute atomic E-state index is 0.658. The van der Waals surface area contributed by atoms with E-state index in [-0.39, 0.29) is 0 Å². The lowest BCUT2D eigenvalue weighted by atomic mass is 10.2. The summed E-state index contributed by atoms with van der Waals surface area (Å²) in [5, 5.41) is 4.38. The maximum absolute atomic E-state index is 4.51. The van der Waals surface area contributed by atoms with Crippen molar-refractivity contribution in [3.05, 3.63) is 11.1 Å². The van der Waals surface area contributed by atoms with Gasteiger partial charge in [-0.05, 0) is 19.8 Å². The molecule has 0 amide bonds. The van der Waals surface area contributed by atoms with Crippen LogP contribution in [0.1, 0.15) is 18.5 Å². The third-order valence-electron chi connectivity index (χ3n) is 2.41. The van der Waals surface area contributed by atoms with Crippen molar-refractivity contribution in [2.75, 3.05) is 16.8 Å². The van der Waals surface area contributed by atoms with Gasteiger partial charge in [-0.15, -0.1) is 11.3 Å². The number of aromatic nitrogens is 1. The summed E-state index contributed by atoms with van der Waals surface area (Å²) in [4.78, 5) is 6.94. The van der Waals surface area contributed by atoms with E-state index in [1.165, 1.54) is 24.5 Å². The molecular weight excluding hydrogens is 248 g/mol. The van der Waals surface area contributed by atoms with Crippen LogP contribution in [-0.2, 0) is 0 Å². The average molecular weight is 261 g/mol. The Bertz CT molecular complexity index is 287. The highest BCUT2D eigenvalue weighted by atomic mass is 79.9. The quantitative estimate of drug-likeness (QED) is 0.761. The lowest BCUT2D eigenvalue weighted by Crippen LogP contribution is -2.30. The molecule has 1 aromatic rings. The second kappa shape index (κ2) is 3.96. The largest absolute Gasteiger partial charge is 0.344 e. The summed E-state index contributed by atoms with van der Waals surface area (Å²) in [6, 6.07) is 0.658. The van der Waals surface area contributed by atoms with Crippen LogP contribution in [-0.4, -0.2) is 22.9 Å². The third kappa shape index (κ3) is 1.89. The van der Waals surface area contributed by atoms with Crippen molar-refractivity contribution in [1.82, 2.24) is 4.98 Å². The molecule has 1 aromatic heterocycles. The van der Waals surface area contributed by atoms with Crippen LogP contribution < -0.4 is 4.90 Å². The van der Waals surface area contributed by atoms with Gasteiger partial charge in [-0.3, -0.25) is 0 Å². The average Bonchev–Trinajstić information content (AvgIpc) is 2.71. The van der Waals surface area contributed by atoms with Gasteiger partial charge in [0.05, 0.1) is 5.69 Å². The fourth-order valence-corrected chi connectivity index (χ4v) is 3.30. The van der Waals surface area contributed by atoms with Crippen molar-refractivity contribution < 1.29 is 0 Å². The number of halogens is 1. The molecule has 0 aromatic carbocycles. The number of hydrogen-bond donors (Lipinski definition) is 0. The molecule has 0 bridgehead atoms. The second-order valence-electron chi connectivity index (χ2n) is 3.42. The molecule has 0 saturated carbocycles. The molecule has 1 saturated heterocycles. The summed E-state index contributed by atoms with van der Waals surface area (Å²) in [6.07, 6.45) is 2.60. The lowest BCUT2D eigenvalue weighted by Gasteiger charge is -2.21. The summed E-state index contributed by atoms with van der Waals surface area (Å²) < 4.78 is 0. The van der Waals surface area contributed by atoms with Crippen molar-refractivity contribution in [3.63, 3.8) is 0 Å². The van der Waals surface area contributed by atoms with E-state index in [0.29, 0.717) is 6.04 Å². The zero-order chi connectivity index (χ0) is 9.26. The van der Waals surface area contributed by atoms with Gasteiger partial charge in [-0.25, -0.2) is 4.98 Å². The molecule has 0 aliphatic carbocycles. The number of thiazole rings is 1. The molecule has 1 fully saturated rings. The van der Waals surface area contributed by atoms with Gasteiger partial charge >= 0.3 is 0 Å². The van der Waals surface area contributed by atoms with Crippen molar-refractivity contribution in [3.8, 4) is 0 Å². The first-order valence-electron chi connectivity index (χ1n) is 4.56. The number of anilines is 1. The van der Waals surface area contributed by atoms with Crippen molar-refractivity contribution in [1.29, 1.82) is 0 Å². The molecule has 0 N–H and O–H groups in total. The van der Waals surface area contributed by atoms with E-state index >= 15 is 0 Å². The number of rotatable bonds is 2. The first-order valence-corrected chi connectivity index (χ1v) is 6.56. The summed E-state index contributed by atoms with van der Waals surface area (Å²) in [6.45, 7) is 3.22. The highest BCUT2D eigenvalue weighted by molar-refractivity contribution is 9.09. The zero-order valence-corrected chi connectivity index (χ0v) is 10.1. The molecule has 1 atom stereocenters. The van der Waals surface area contributed by atoms with Crippen molar-refractivity contribution in [2.24, 2.45) is 0 Å². The molecule has 1 unspecified atom stereocenters. The summed E-state index contributed by atoms with van der Waals surface area (Å²) >= 11 is 5.32. The molecular formula is C9H13BrN2S. The van der Waals surface area contributed by atoms with Gasteiger partial charge in [0.25, 0.3) is 0 Å². The molecule has 4 heteroatoms. The fourth-order valence-electron chi connectivity index (χ4n) is 1.72. The maximum atomic E-state index is 4.51. The topological polar surface area (TPSA) is 16.1 Å². The van der Waals surface area contributed by atoms with Crippen LogP contribution in [0.3, 0.4) is 0 Å². The number of hydrogen-bond acceptors (Lipinski definition) is 3. The van der Waals surface area contributed by atoms with Crippen LogP contribution in [0.4, 0.5) is 5.13 Å². The Hall–Kier alpha value is -0.0900. The molecule has 1 aliphatic heterocycles. The Morgan fingerprint density at radius 1 is 1.77 bits per heavy atom. The van der Waals surface area contributed by atoms with E-state index in [9.17, 15) is 0 Å². The molecule has 2 heterocycles. The van der Waals surface area contributed by atoms with Crippen LogP contribution in [0, 0.1) is 6.92 Å². The van der Waals surface area contributed by atoms with E-state index in [1.54, 1.807) is 11.3 Å². The Morgan fingerprint density at radius 2 is 2.62 bits per heavy atom. The van der Waals surface area contributed by atoms with Crippen LogP contribution >= 0.6 is 27.3 Å². The number of aryl methyl sites for hydroxylation is 1. The normalized spacial score (nSPS) is 22.6. The number of nitrogens with zero attached hydrogens (tertiary/aromatic N) is 2. The smallest absolute Gasteiger partial charge is 0.185 e. The molecule has 2 nitrogen and oxygen atoms in total. The fraction of sp³-hybridized carbons (Fsp3) is 0.667. The number of alkyl halides is 1. The highest BCUT2D eigenvalue weighted by Crippen LogP contribution is 2.28. The van der Waals surface area contributed by atoms with Crippen LogP contribution in [0.5, 0.6) is 0 Å². The minimum Gasteiger partial charge on any atom is -0.344 e. The van der Waals surface area contributed by atoms with Gasteiger partial charge in [-0.1, -0.05) is 15.9 Å². The monoisotopic (exact) mass is 260 g/mol. The van der Waals surface area contributed by atoms with E-state index in [1.807, 2.05) is 0 Å². The second-order valence-corrected chi connectivity index (χ2v) is 4.90. The van der Waals surface area contributed by atoms with E-state index in [4.69, 9.17) is 0 Å². The Labute approximate surface area is 91.1 Å². The van der Waals surface area contributed by atoms with Crippen LogP contribution in [0.25, 0.3) is 0 Å². The molecule has 13 heavy (non-hydrogen) atoms. The van der Waals surface area contributed by atoms with Crippen molar-refractivity contribution in [2.45, 2.75) is 25.8 Å². The molecule has 72 valence electrons. The van der Waals surface area contributed by atoms with E-state index < -0.39 is 0 Å². The Kier molecular flexibility index (Phi) is 2.89. The van der Waals surface area contributed by atoms with Gasteiger partial charge in [-0.2, -0.15) is 0 Å². The Morgan fingerprint density at radius 3 is 3.23 bits per heavy atom.